The topological polar surface area (TPSA) is 45.7 Å². The zero-order valence-electron chi connectivity index (χ0n) is 12.9. The minimum Gasteiger partial charge on any atom is -0.332 e. The van der Waals surface area contributed by atoms with Gasteiger partial charge in [-0.2, -0.15) is 0 Å². The van der Waals surface area contributed by atoms with E-state index < -0.39 is 0 Å². The van der Waals surface area contributed by atoms with Crippen LogP contribution in [-0.2, 0) is 4.79 Å². The Hall–Kier alpha value is -1.26. The number of nitrogens with two attached hydrogens (primary N) is 1. The molecule has 0 saturated carbocycles. The van der Waals surface area contributed by atoms with Crippen molar-refractivity contribution in [3.8, 4) is 0 Å². The van der Waals surface area contributed by atoms with Crippen molar-refractivity contribution in [1.82, 2.24) is 0 Å². The summed E-state index contributed by atoms with van der Waals surface area (Å²) in [5.41, 5.74) is 2.31. The van der Waals surface area contributed by atoms with Gasteiger partial charge < -0.3 is 10.6 Å². The van der Waals surface area contributed by atoms with E-state index >= 15 is 0 Å². The van der Waals surface area contributed by atoms with E-state index in [0.717, 1.165) is 11.1 Å². The molecule has 122 valence electrons. The Balaban J connectivity index is 1.99. The fraction of sp³-hybridized carbons (Fsp3) is 0.235. The lowest BCUT2D eigenvalue weighted by Gasteiger charge is -2.14. The highest BCUT2D eigenvalue weighted by atomic mass is 35.5. The van der Waals surface area contributed by atoms with Crippen molar-refractivity contribution in [1.29, 1.82) is 0 Å². The van der Waals surface area contributed by atoms with E-state index in [1.54, 1.807) is 6.07 Å². The monoisotopic (exact) mass is 371 g/mol. The molecule has 6 heteroatoms. The first-order valence-electron chi connectivity index (χ1n) is 7.22. The van der Waals surface area contributed by atoms with Crippen LogP contribution in [0, 0.1) is 6.92 Å². The molecule has 0 heterocycles. The van der Waals surface area contributed by atoms with E-state index in [2.05, 4.69) is 5.32 Å². The summed E-state index contributed by atoms with van der Waals surface area (Å²) in [5.74, 6) is -0.168. The first-order chi connectivity index (χ1) is 10.9. The Morgan fingerprint density at radius 1 is 1.13 bits per heavy atom. The molecule has 0 aromatic heterocycles. The molecule has 0 fully saturated rings. The maximum atomic E-state index is 12.2. The van der Waals surface area contributed by atoms with Gasteiger partial charge >= 0.3 is 0 Å². The van der Waals surface area contributed by atoms with Crippen molar-refractivity contribution in [2.75, 3.05) is 11.9 Å². The van der Waals surface area contributed by atoms with Crippen LogP contribution in [0.4, 0.5) is 5.69 Å². The molecule has 0 aliphatic carbocycles. The second-order valence-corrected chi connectivity index (χ2v) is 6.54. The minimum absolute atomic E-state index is 0.0675. The molecule has 2 aromatic rings. The number of hydrogen-bond donors (Lipinski definition) is 2. The Kier molecular flexibility index (Phi) is 6.31. The molecule has 1 amide bonds. The second-order valence-electron chi connectivity index (χ2n) is 5.35. The number of rotatable bonds is 5. The molecular formula is C17H18Cl3N2O+. The maximum Gasteiger partial charge on any atom is 0.279 e. The molecule has 0 radical (unpaired) electrons. The lowest BCUT2D eigenvalue weighted by Crippen LogP contribution is -2.86. The van der Waals surface area contributed by atoms with Gasteiger partial charge in [0.15, 0.2) is 6.54 Å². The van der Waals surface area contributed by atoms with Gasteiger partial charge in [-0.3, -0.25) is 4.79 Å². The van der Waals surface area contributed by atoms with E-state index in [9.17, 15) is 4.79 Å². The molecule has 3 nitrogen and oxygen atoms in total. The third-order valence-electron chi connectivity index (χ3n) is 3.60. The third-order valence-corrected chi connectivity index (χ3v) is 4.75. The van der Waals surface area contributed by atoms with Gasteiger partial charge in [0.05, 0.1) is 15.7 Å². The number of carbonyl (C=O) groups excluding carboxylic acids is 1. The fourth-order valence-corrected chi connectivity index (χ4v) is 2.99. The average molecular weight is 373 g/mol. The van der Waals surface area contributed by atoms with Crippen molar-refractivity contribution in [3.63, 3.8) is 0 Å². The molecule has 0 saturated heterocycles. The fourth-order valence-electron chi connectivity index (χ4n) is 2.22. The van der Waals surface area contributed by atoms with E-state index in [4.69, 9.17) is 34.8 Å². The Morgan fingerprint density at radius 2 is 1.83 bits per heavy atom. The van der Waals surface area contributed by atoms with Gasteiger partial charge in [-0.25, -0.2) is 0 Å². The molecule has 0 bridgehead atoms. The Labute approximate surface area is 150 Å². The largest absolute Gasteiger partial charge is 0.332 e. The number of amides is 1. The van der Waals surface area contributed by atoms with Gasteiger partial charge in [0.1, 0.15) is 6.04 Å². The van der Waals surface area contributed by atoms with Gasteiger partial charge in [0, 0.05) is 10.6 Å². The van der Waals surface area contributed by atoms with E-state index in [0.29, 0.717) is 20.8 Å². The van der Waals surface area contributed by atoms with Crippen LogP contribution in [-0.4, -0.2) is 12.5 Å². The normalized spacial score (nSPS) is 12.0. The summed E-state index contributed by atoms with van der Waals surface area (Å²) in [4.78, 5) is 12.2. The summed E-state index contributed by atoms with van der Waals surface area (Å²) in [6.45, 7) is 4.11. The molecule has 2 aromatic carbocycles. The van der Waals surface area contributed by atoms with Crippen LogP contribution in [0.2, 0.25) is 15.1 Å². The van der Waals surface area contributed by atoms with Gasteiger partial charge in [-0.1, -0.05) is 59.1 Å². The zero-order valence-corrected chi connectivity index (χ0v) is 15.1. The average Bonchev–Trinajstić information content (AvgIpc) is 2.53. The van der Waals surface area contributed by atoms with Crippen LogP contribution < -0.4 is 10.6 Å². The van der Waals surface area contributed by atoms with Gasteiger partial charge in [0.2, 0.25) is 0 Å². The van der Waals surface area contributed by atoms with Crippen LogP contribution in [0.15, 0.2) is 36.4 Å². The number of quaternary nitrogens is 1. The summed E-state index contributed by atoms with van der Waals surface area (Å²) in [6, 6.07) is 11.2. The Bertz CT molecular complexity index is 719. The number of aryl methyl sites for hydroxylation is 1. The molecule has 0 unspecified atom stereocenters. The molecule has 0 aliphatic heterocycles. The maximum absolute atomic E-state index is 12.2. The minimum atomic E-state index is -0.168. The van der Waals surface area contributed by atoms with Crippen molar-refractivity contribution in [2.45, 2.75) is 19.9 Å². The lowest BCUT2D eigenvalue weighted by atomic mass is 10.1. The molecule has 0 aliphatic rings. The SMILES string of the molecule is Cc1ccc(Cl)c(NC(=O)C[NH2+][C@@H](C)c2ccccc2Cl)c1Cl. The number of benzene rings is 2. The second kappa shape index (κ2) is 8.02. The smallest absolute Gasteiger partial charge is 0.279 e. The molecule has 23 heavy (non-hydrogen) atoms. The van der Waals surface area contributed by atoms with Crippen LogP contribution in [0.3, 0.4) is 0 Å². The first-order valence-corrected chi connectivity index (χ1v) is 8.35. The number of carbonyl (C=O) groups is 1. The number of halogens is 3. The zero-order chi connectivity index (χ0) is 17.0. The lowest BCUT2D eigenvalue weighted by molar-refractivity contribution is -0.682. The summed E-state index contributed by atoms with van der Waals surface area (Å²) in [7, 11) is 0. The first kappa shape index (κ1) is 18.1. The van der Waals surface area contributed by atoms with Crippen molar-refractivity contribution >= 4 is 46.4 Å². The van der Waals surface area contributed by atoms with Crippen LogP contribution in [0.25, 0.3) is 0 Å². The third kappa shape index (κ3) is 4.61. The van der Waals surface area contributed by atoms with Gasteiger partial charge in [-0.15, -0.1) is 0 Å². The summed E-state index contributed by atoms with van der Waals surface area (Å²) >= 11 is 18.5. The summed E-state index contributed by atoms with van der Waals surface area (Å²) in [6.07, 6.45) is 0. The van der Waals surface area contributed by atoms with E-state index in [1.807, 2.05) is 49.5 Å². The van der Waals surface area contributed by atoms with E-state index in [-0.39, 0.29) is 18.5 Å². The predicted octanol–water partition coefficient (Wildman–Crippen LogP) is 4.22. The highest BCUT2D eigenvalue weighted by Gasteiger charge is 2.16. The summed E-state index contributed by atoms with van der Waals surface area (Å²) in [5, 5.41) is 6.27. The summed E-state index contributed by atoms with van der Waals surface area (Å²) < 4.78 is 0. The van der Waals surface area contributed by atoms with Crippen LogP contribution >= 0.6 is 34.8 Å². The van der Waals surface area contributed by atoms with Gasteiger partial charge in [-0.05, 0) is 31.5 Å². The molecule has 1 atom stereocenters. The molecule has 3 N–H and O–H groups in total. The standard InChI is InChI=1S/C17H17Cl3N2O/c1-10-7-8-14(19)17(16(10)20)22-15(23)9-21-11(2)12-5-3-4-6-13(12)18/h3-8,11,21H,9H2,1-2H3,(H,22,23)/p+1/t11-/m0/s1. The van der Waals surface area contributed by atoms with Crippen molar-refractivity contribution in [2.24, 2.45) is 0 Å². The number of anilines is 1. The van der Waals surface area contributed by atoms with Crippen molar-refractivity contribution in [3.05, 3.63) is 62.6 Å². The number of nitrogens with one attached hydrogen (secondary N) is 1. The highest BCUT2D eigenvalue weighted by molar-refractivity contribution is 6.40. The van der Waals surface area contributed by atoms with Crippen molar-refractivity contribution < 1.29 is 10.1 Å². The van der Waals surface area contributed by atoms with Crippen LogP contribution in [0.5, 0.6) is 0 Å². The molecule has 0 spiro atoms. The van der Waals surface area contributed by atoms with Crippen LogP contribution in [0.1, 0.15) is 24.1 Å². The number of hydrogen-bond acceptors (Lipinski definition) is 1. The quantitative estimate of drug-likeness (QED) is 0.811. The Morgan fingerprint density at radius 3 is 2.52 bits per heavy atom. The highest BCUT2D eigenvalue weighted by Crippen LogP contribution is 2.32. The van der Waals surface area contributed by atoms with E-state index in [1.165, 1.54) is 0 Å². The predicted molar refractivity (Wildman–Crippen MR) is 96.5 cm³/mol. The molecular weight excluding hydrogens is 355 g/mol. The van der Waals surface area contributed by atoms with Gasteiger partial charge in [0.25, 0.3) is 5.91 Å². The molecule has 2 rings (SSSR count).